The first-order valence-corrected chi connectivity index (χ1v) is 15.4. The molecule has 0 unspecified atom stereocenters. The molecule has 14 nitrogen and oxygen atoms in total. The minimum atomic E-state index is -0.979. The second-order valence-corrected chi connectivity index (χ2v) is 12.2. The van der Waals surface area contributed by atoms with Crippen LogP contribution in [0.4, 0.5) is 22.7 Å². The molecule has 2 saturated heterocycles. The zero-order valence-electron chi connectivity index (χ0n) is 25.4. The fraction of sp³-hybridized carbons (Fsp3) is 0.294. The van der Waals surface area contributed by atoms with Gasteiger partial charge in [0.1, 0.15) is 0 Å². The van der Waals surface area contributed by atoms with Gasteiger partial charge in [-0.1, -0.05) is 23.8 Å². The van der Waals surface area contributed by atoms with E-state index in [9.17, 15) is 44.5 Å². The molecule has 14 heteroatoms. The Morgan fingerprint density at radius 3 is 1.83 bits per heavy atom. The average Bonchev–Trinajstić information content (AvgIpc) is 3.48. The number of rotatable bonds is 7. The number of carbonyl (C=O) groups is 4. The SMILES string of the molecule is CCOc1cccc([C@H]2C3=CC[C@@H]4C(=O)N(c5ccc([N+](=O)[O-])cc5)C(=O)[C@@H]4[C@@H]3C[C@H]3C(=O)N(c4ccc([N+](=O)[O-])cc4)C(=O)[C@@H]23)c1O. The van der Waals surface area contributed by atoms with E-state index in [0.717, 1.165) is 9.80 Å². The molecule has 3 aromatic carbocycles. The van der Waals surface area contributed by atoms with Crippen molar-refractivity contribution in [2.75, 3.05) is 16.4 Å². The van der Waals surface area contributed by atoms with Crippen molar-refractivity contribution >= 4 is 46.4 Å². The number of ether oxygens (including phenoxy) is 1. The molecule has 3 aromatic rings. The van der Waals surface area contributed by atoms with Crippen LogP contribution in [0.1, 0.15) is 31.2 Å². The molecule has 1 saturated carbocycles. The third-order valence-corrected chi connectivity index (χ3v) is 9.95. The fourth-order valence-electron chi connectivity index (χ4n) is 7.95. The zero-order valence-corrected chi connectivity index (χ0v) is 25.4. The van der Waals surface area contributed by atoms with Gasteiger partial charge >= 0.3 is 0 Å². The van der Waals surface area contributed by atoms with E-state index in [-0.39, 0.29) is 53.7 Å². The van der Waals surface area contributed by atoms with Crippen molar-refractivity contribution in [3.05, 3.63) is 104 Å². The monoisotopic (exact) mass is 652 g/mol. The van der Waals surface area contributed by atoms with E-state index < -0.39 is 69.0 Å². The number of carbonyl (C=O) groups excluding carboxylic acids is 4. The summed E-state index contributed by atoms with van der Waals surface area (Å²) in [4.78, 5) is 79.6. The molecule has 1 N–H and O–H groups in total. The summed E-state index contributed by atoms with van der Waals surface area (Å²) in [7, 11) is 0. The van der Waals surface area contributed by atoms with Crippen LogP contribution in [0.15, 0.2) is 78.4 Å². The van der Waals surface area contributed by atoms with E-state index in [4.69, 9.17) is 4.74 Å². The second-order valence-electron chi connectivity index (χ2n) is 12.2. The molecule has 0 radical (unpaired) electrons. The summed E-state index contributed by atoms with van der Waals surface area (Å²) in [5, 5.41) is 33.9. The van der Waals surface area contributed by atoms with Crippen molar-refractivity contribution in [2.45, 2.75) is 25.7 Å². The van der Waals surface area contributed by atoms with Crippen molar-refractivity contribution < 1.29 is 38.9 Å². The van der Waals surface area contributed by atoms with Crippen molar-refractivity contribution in [2.24, 2.45) is 29.6 Å². The van der Waals surface area contributed by atoms with Gasteiger partial charge in [0.05, 0.1) is 51.5 Å². The first-order valence-electron chi connectivity index (χ1n) is 15.4. The quantitative estimate of drug-likeness (QED) is 0.163. The Labute approximate surface area is 272 Å². The second kappa shape index (κ2) is 11.4. The van der Waals surface area contributed by atoms with Gasteiger partial charge in [-0.25, -0.2) is 0 Å². The lowest BCUT2D eigenvalue weighted by Gasteiger charge is -2.44. The molecular formula is C34H28N4O10. The highest BCUT2D eigenvalue weighted by atomic mass is 16.6. The van der Waals surface area contributed by atoms with Gasteiger partial charge in [-0.15, -0.1) is 0 Å². The molecule has 2 aliphatic carbocycles. The van der Waals surface area contributed by atoms with Crippen LogP contribution in [0.5, 0.6) is 11.5 Å². The predicted octanol–water partition coefficient (Wildman–Crippen LogP) is 4.65. The van der Waals surface area contributed by atoms with Gasteiger partial charge in [0.15, 0.2) is 11.5 Å². The highest BCUT2D eigenvalue weighted by Gasteiger charge is 2.62. The number of aromatic hydroxyl groups is 1. The van der Waals surface area contributed by atoms with Crippen LogP contribution < -0.4 is 14.5 Å². The Balaban J connectivity index is 1.32. The van der Waals surface area contributed by atoms with E-state index in [1.807, 2.05) is 6.08 Å². The molecule has 0 aromatic heterocycles. The predicted molar refractivity (Wildman–Crippen MR) is 168 cm³/mol. The first-order chi connectivity index (χ1) is 23.0. The van der Waals surface area contributed by atoms with Gasteiger partial charge in [-0.05, 0) is 56.0 Å². The van der Waals surface area contributed by atoms with Crippen LogP contribution in [0, 0.1) is 49.8 Å². The highest BCUT2D eigenvalue weighted by molar-refractivity contribution is 6.24. The fourth-order valence-corrected chi connectivity index (χ4v) is 7.95. The summed E-state index contributed by atoms with van der Waals surface area (Å²) < 4.78 is 5.64. The van der Waals surface area contributed by atoms with E-state index >= 15 is 0 Å². The summed E-state index contributed by atoms with van der Waals surface area (Å²) in [5.74, 6) is -7.17. The zero-order chi connectivity index (χ0) is 34.0. The van der Waals surface area contributed by atoms with Crippen LogP contribution in [-0.2, 0) is 19.2 Å². The number of fused-ring (bicyclic) bond motifs is 4. The third kappa shape index (κ3) is 4.54. The Hall–Kier alpha value is -5.92. The number of phenols is 1. The minimum Gasteiger partial charge on any atom is -0.504 e. The highest BCUT2D eigenvalue weighted by Crippen LogP contribution is 2.60. The summed E-state index contributed by atoms with van der Waals surface area (Å²) in [6.45, 7) is 2.01. The number of nitro benzene ring substituents is 2. The number of nitro groups is 2. The number of non-ortho nitro benzene ring substituents is 2. The maximum absolute atomic E-state index is 14.3. The van der Waals surface area contributed by atoms with Gasteiger partial charge in [0.2, 0.25) is 23.6 Å². The molecule has 3 fully saturated rings. The molecular weight excluding hydrogens is 624 g/mol. The van der Waals surface area contributed by atoms with Crippen molar-refractivity contribution in [1.82, 2.24) is 0 Å². The smallest absolute Gasteiger partial charge is 0.269 e. The maximum atomic E-state index is 14.3. The minimum absolute atomic E-state index is 0.0707. The van der Waals surface area contributed by atoms with Crippen LogP contribution in [0.3, 0.4) is 0 Å². The molecule has 0 spiro atoms. The average molecular weight is 653 g/mol. The number of amides is 4. The van der Waals surface area contributed by atoms with Gasteiger partial charge in [-0.2, -0.15) is 0 Å². The Kier molecular flexibility index (Phi) is 7.30. The Bertz CT molecular complexity index is 1940. The largest absolute Gasteiger partial charge is 0.504 e. The number of para-hydroxylation sites is 1. The van der Waals surface area contributed by atoms with Crippen LogP contribution >= 0.6 is 0 Å². The number of anilines is 2. The molecule has 2 aliphatic heterocycles. The third-order valence-electron chi connectivity index (χ3n) is 9.95. The topological polar surface area (TPSA) is 190 Å². The molecule has 2 heterocycles. The van der Waals surface area contributed by atoms with Crippen LogP contribution in [-0.4, -0.2) is 45.2 Å². The number of phenolic OH excluding ortho intramolecular Hbond substituents is 1. The number of benzene rings is 3. The van der Waals surface area contributed by atoms with E-state index in [2.05, 4.69) is 0 Å². The number of hydrogen-bond acceptors (Lipinski definition) is 10. The summed E-state index contributed by atoms with van der Waals surface area (Å²) in [5.41, 5.74) is 0.921. The van der Waals surface area contributed by atoms with E-state index in [1.54, 1.807) is 25.1 Å². The summed E-state index contributed by atoms with van der Waals surface area (Å²) in [6, 6.07) is 15.1. The van der Waals surface area contributed by atoms with Gasteiger partial charge in [0, 0.05) is 35.7 Å². The molecule has 48 heavy (non-hydrogen) atoms. The molecule has 244 valence electrons. The van der Waals surface area contributed by atoms with Crippen molar-refractivity contribution in [1.29, 1.82) is 0 Å². The maximum Gasteiger partial charge on any atom is 0.269 e. The van der Waals surface area contributed by atoms with Crippen LogP contribution in [0.25, 0.3) is 0 Å². The first kappa shape index (κ1) is 30.7. The van der Waals surface area contributed by atoms with Crippen molar-refractivity contribution in [3.63, 3.8) is 0 Å². The molecule has 4 aliphatic rings. The summed E-state index contributed by atoms with van der Waals surface area (Å²) >= 11 is 0. The lowest BCUT2D eigenvalue weighted by molar-refractivity contribution is -0.385. The molecule has 6 atom stereocenters. The normalized spacial score (nSPS) is 26.1. The Morgan fingerprint density at radius 2 is 1.29 bits per heavy atom. The molecule has 4 amide bonds. The lowest BCUT2D eigenvalue weighted by atomic mass is 9.57. The van der Waals surface area contributed by atoms with E-state index in [0.29, 0.717) is 11.1 Å². The van der Waals surface area contributed by atoms with E-state index in [1.165, 1.54) is 48.5 Å². The Morgan fingerprint density at radius 1 is 0.750 bits per heavy atom. The van der Waals surface area contributed by atoms with Gasteiger partial charge in [-0.3, -0.25) is 49.2 Å². The standard InChI is InChI=1S/C34H28N4O10/c1-2-48-26-5-3-4-22(30(26)39)27-21-14-15-23-28(33(42)35(31(23)40)17-6-10-19(11-7-17)37(44)45)24(21)16-25-29(27)34(43)36(32(25)41)18-8-12-20(13-9-18)38(46)47/h3-14,23-25,27-29,39H,2,15-16H2,1H3/t23-,24+,25+,27+,28-,29+/m0/s1. The number of nitrogens with zero attached hydrogens (tertiary/aromatic N) is 4. The van der Waals surface area contributed by atoms with Gasteiger partial charge in [0.25, 0.3) is 11.4 Å². The summed E-state index contributed by atoms with van der Waals surface area (Å²) in [6.07, 6.45) is 2.07. The molecule has 7 rings (SSSR count). The van der Waals surface area contributed by atoms with Crippen molar-refractivity contribution in [3.8, 4) is 11.5 Å². The number of hydrogen-bond donors (Lipinski definition) is 1. The van der Waals surface area contributed by atoms with Crippen LogP contribution in [0.2, 0.25) is 0 Å². The lowest BCUT2D eigenvalue weighted by Crippen LogP contribution is -2.43. The molecule has 0 bridgehead atoms. The number of allylic oxidation sites excluding steroid dienone is 2. The number of imide groups is 2. The van der Waals surface area contributed by atoms with Gasteiger partial charge < -0.3 is 9.84 Å².